The van der Waals surface area contributed by atoms with E-state index in [0.29, 0.717) is 15.8 Å². The van der Waals surface area contributed by atoms with Gasteiger partial charge in [-0.05, 0) is 12.1 Å². The molecule has 6 nitrogen and oxygen atoms in total. The number of para-hydroxylation sites is 1. The van der Waals surface area contributed by atoms with Gasteiger partial charge in [-0.1, -0.05) is 41.9 Å². The van der Waals surface area contributed by atoms with Gasteiger partial charge in [0.25, 0.3) is 11.6 Å². The van der Waals surface area contributed by atoms with Gasteiger partial charge in [-0.15, -0.1) is 11.3 Å². The number of nitrogens with zero attached hydrogens (tertiary/aromatic N) is 2. The van der Waals surface area contributed by atoms with Crippen LogP contribution in [0.25, 0.3) is 11.3 Å². The van der Waals surface area contributed by atoms with Crippen LogP contribution >= 0.6 is 22.9 Å². The van der Waals surface area contributed by atoms with Crippen LogP contribution in [0, 0.1) is 10.1 Å². The molecule has 0 aliphatic carbocycles. The van der Waals surface area contributed by atoms with Gasteiger partial charge in [0.1, 0.15) is 5.56 Å². The number of nitro groups is 1. The monoisotopic (exact) mass is 359 g/mol. The Morgan fingerprint density at radius 2 is 1.88 bits per heavy atom. The lowest BCUT2D eigenvalue weighted by atomic mass is 10.1. The summed E-state index contributed by atoms with van der Waals surface area (Å²) in [5.41, 5.74) is 1.11. The third-order valence-electron chi connectivity index (χ3n) is 3.22. The topological polar surface area (TPSA) is 85.1 Å². The van der Waals surface area contributed by atoms with Gasteiger partial charge in [-0.25, -0.2) is 4.98 Å². The maximum Gasteiger partial charge on any atom is 0.282 e. The Morgan fingerprint density at radius 3 is 2.62 bits per heavy atom. The summed E-state index contributed by atoms with van der Waals surface area (Å²) in [5.74, 6) is -0.581. The summed E-state index contributed by atoms with van der Waals surface area (Å²) in [6.07, 6.45) is 0. The Kier molecular flexibility index (Phi) is 4.54. The van der Waals surface area contributed by atoms with Crippen LogP contribution in [0.15, 0.2) is 53.9 Å². The average molecular weight is 360 g/mol. The summed E-state index contributed by atoms with van der Waals surface area (Å²) in [6, 6.07) is 13.0. The van der Waals surface area contributed by atoms with E-state index in [4.69, 9.17) is 11.6 Å². The van der Waals surface area contributed by atoms with E-state index in [1.807, 2.05) is 18.2 Å². The molecule has 0 spiro atoms. The first kappa shape index (κ1) is 16.1. The highest BCUT2D eigenvalue weighted by molar-refractivity contribution is 7.14. The van der Waals surface area contributed by atoms with Crippen molar-refractivity contribution < 1.29 is 9.72 Å². The maximum absolute atomic E-state index is 12.3. The summed E-state index contributed by atoms with van der Waals surface area (Å²) in [7, 11) is 0. The molecule has 0 saturated heterocycles. The van der Waals surface area contributed by atoms with E-state index in [1.54, 1.807) is 17.5 Å². The highest BCUT2D eigenvalue weighted by Gasteiger charge is 2.20. The Morgan fingerprint density at radius 1 is 1.17 bits per heavy atom. The first-order valence-corrected chi connectivity index (χ1v) is 8.07. The summed E-state index contributed by atoms with van der Waals surface area (Å²) in [4.78, 5) is 27.0. The number of hydrogen-bond donors (Lipinski definition) is 1. The SMILES string of the molecule is O=C(Nc1nc(-c2ccccc2Cl)cs1)c1ccccc1[N+](=O)[O-]. The Balaban J connectivity index is 1.84. The van der Waals surface area contributed by atoms with E-state index < -0.39 is 10.8 Å². The number of benzene rings is 2. The minimum absolute atomic E-state index is 0.0167. The standard InChI is InChI=1S/C16H10ClN3O3S/c17-12-7-3-1-5-10(12)13-9-24-16(18-13)19-15(21)11-6-2-4-8-14(11)20(22)23/h1-9H,(H,18,19,21). The summed E-state index contributed by atoms with van der Waals surface area (Å²) in [5, 5.41) is 16.2. The molecule has 0 bridgehead atoms. The summed E-state index contributed by atoms with van der Waals surface area (Å²) in [6.45, 7) is 0. The molecule has 0 aliphatic heterocycles. The second-order valence-electron chi connectivity index (χ2n) is 4.75. The predicted octanol–water partition coefficient (Wildman–Crippen LogP) is 4.62. The van der Waals surface area contributed by atoms with E-state index in [-0.39, 0.29) is 11.3 Å². The molecule has 0 atom stereocenters. The molecule has 0 aliphatic rings. The fourth-order valence-electron chi connectivity index (χ4n) is 2.11. The number of nitro benzene ring substituents is 1. The lowest BCUT2D eigenvalue weighted by Crippen LogP contribution is -2.13. The van der Waals surface area contributed by atoms with E-state index >= 15 is 0 Å². The fraction of sp³-hybridized carbons (Fsp3) is 0. The maximum atomic E-state index is 12.3. The predicted molar refractivity (Wildman–Crippen MR) is 93.6 cm³/mol. The van der Waals surface area contributed by atoms with E-state index in [1.165, 1.54) is 29.5 Å². The minimum atomic E-state index is -0.591. The van der Waals surface area contributed by atoms with Crippen molar-refractivity contribution in [1.29, 1.82) is 0 Å². The molecule has 2 aromatic carbocycles. The number of halogens is 1. The molecule has 1 heterocycles. The molecule has 1 aromatic heterocycles. The smallest absolute Gasteiger partial charge is 0.282 e. The minimum Gasteiger partial charge on any atom is -0.298 e. The molecule has 0 fully saturated rings. The number of nitrogens with one attached hydrogen (secondary N) is 1. The van der Waals surface area contributed by atoms with Crippen molar-refractivity contribution in [2.75, 3.05) is 5.32 Å². The summed E-state index contributed by atoms with van der Waals surface area (Å²) >= 11 is 7.35. The molecule has 3 aromatic rings. The Hall–Kier alpha value is -2.77. The second kappa shape index (κ2) is 6.77. The zero-order valence-electron chi connectivity index (χ0n) is 12.1. The first-order chi connectivity index (χ1) is 11.6. The van der Waals surface area contributed by atoms with Crippen molar-refractivity contribution in [2.24, 2.45) is 0 Å². The van der Waals surface area contributed by atoms with Gasteiger partial charge in [0.15, 0.2) is 5.13 Å². The molecule has 24 heavy (non-hydrogen) atoms. The van der Waals surface area contributed by atoms with Crippen molar-refractivity contribution in [3.8, 4) is 11.3 Å². The molecular weight excluding hydrogens is 350 g/mol. The van der Waals surface area contributed by atoms with Gasteiger partial charge in [0.05, 0.1) is 10.6 Å². The first-order valence-electron chi connectivity index (χ1n) is 6.81. The number of hydrogen-bond acceptors (Lipinski definition) is 5. The number of thiazole rings is 1. The number of rotatable bonds is 4. The fourth-order valence-corrected chi connectivity index (χ4v) is 3.05. The van der Waals surface area contributed by atoms with Crippen LogP contribution in [0.5, 0.6) is 0 Å². The van der Waals surface area contributed by atoms with Gasteiger partial charge in [0.2, 0.25) is 0 Å². The normalized spacial score (nSPS) is 10.4. The number of amides is 1. The van der Waals surface area contributed by atoms with E-state index in [9.17, 15) is 14.9 Å². The zero-order chi connectivity index (χ0) is 17.1. The van der Waals surface area contributed by atoms with Gasteiger partial charge in [-0.3, -0.25) is 20.2 Å². The van der Waals surface area contributed by atoms with Crippen LogP contribution in [-0.4, -0.2) is 15.8 Å². The summed E-state index contributed by atoms with van der Waals surface area (Å²) < 4.78 is 0. The molecule has 8 heteroatoms. The number of carbonyl (C=O) groups is 1. The van der Waals surface area contributed by atoms with Gasteiger partial charge in [-0.2, -0.15) is 0 Å². The number of carbonyl (C=O) groups excluding carboxylic acids is 1. The number of anilines is 1. The van der Waals surface area contributed by atoms with Crippen molar-refractivity contribution in [3.63, 3.8) is 0 Å². The Labute approximate surface area is 145 Å². The average Bonchev–Trinajstić information content (AvgIpc) is 3.03. The number of aromatic nitrogens is 1. The van der Waals surface area contributed by atoms with Crippen LogP contribution in [0.4, 0.5) is 10.8 Å². The second-order valence-corrected chi connectivity index (χ2v) is 6.01. The molecule has 0 unspecified atom stereocenters. The van der Waals surface area contributed by atoms with E-state index in [2.05, 4.69) is 10.3 Å². The van der Waals surface area contributed by atoms with Crippen molar-refractivity contribution in [1.82, 2.24) is 4.98 Å². The quantitative estimate of drug-likeness (QED) is 0.543. The zero-order valence-corrected chi connectivity index (χ0v) is 13.7. The lowest BCUT2D eigenvalue weighted by molar-refractivity contribution is -0.385. The van der Waals surface area contributed by atoms with Crippen LogP contribution < -0.4 is 5.32 Å². The molecule has 120 valence electrons. The molecular formula is C16H10ClN3O3S. The Bertz CT molecular complexity index is 926. The van der Waals surface area contributed by atoms with Crippen LogP contribution in [0.3, 0.4) is 0 Å². The lowest BCUT2D eigenvalue weighted by Gasteiger charge is -2.03. The van der Waals surface area contributed by atoms with Gasteiger partial charge >= 0.3 is 0 Å². The molecule has 1 N–H and O–H groups in total. The highest BCUT2D eigenvalue weighted by atomic mass is 35.5. The third kappa shape index (κ3) is 3.27. The molecule has 0 radical (unpaired) electrons. The van der Waals surface area contributed by atoms with Crippen LogP contribution in [0.1, 0.15) is 10.4 Å². The van der Waals surface area contributed by atoms with E-state index in [0.717, 1.165) is 5.56 Å². The van der Waals surface area contributed by atoms with Crippen molar-refractivity contribution in [3.05, 3.63) is 74.6 Å². The van der Waals surface area contributed by atoms with Crippen LogP contribution in [0.2, 0.25) is 5.02 Å². The highest BCUT2D eigenvalue weighted by Crippen LogP contribution is 2.30. The molecule has 3 rings (SSSR count). The van der Waals surface area contributed by atoms with Gasteiger partial charge < -0.3 is 0 Å². The molecule has 1 amide bonds. The van der Waals surface area contributed by atoms with Crippen LogP contribution in [-0.2, 0) is 0 Å². The molecule has 0 saturated carbocycles. The van der Waals surface area contributed by atoms with Gasteiger partial charge in [0, 0.05) is 22.0 Å². The van der Waals surface area contributed by atoms with Crippen molar-refractivity contribution in [2.45, 2.75) is 0 Å². The van der Waals surface area contributed by atoms with Crippen molar-refractivity contribution >= 4 is 39.7 Å². The third-order valence-corrected chi connectivity index (χ3v) is 4.31. The largest absolute Gasteiger partial charge is 0.298 e.